The van der Waals surface area contributed by atoms with E-state index in [9.17, 15) is 9.59 Å². The first-order chi connectivity index (χ1) is 13.9. The van der Waals surface area contributed by atoms with E-state index in [1.54, 1.807) is 13.0 Å². The molecule has 7 heteroatoms. The first kappa shape index (κ1) is 21.2. The van der Waals surface area contributed by atoms with Crippen molar-refractivity contribution in [3.8, 4) is 11.5 Å². The zero-order chi connectivity index (χ0) is 21.0. The minimum Gasteiger partial charge on any atom is -0.490 e. The number of amides is 3. The molecule has 0 aliphatic carbocycles. The van der Waals surface area contributed by atoms with Crippen LogP contribution in [-0.2, 0) is 11.4 Å². The van der Waals surface area contributed by atoms with Gasteiger partial charge >= 0.3 is 6.03 Å². The van der Waals surface area contributed by atoms with Gasteiger partial charge in [0.15, 0.2) is 11.5 Å². The van der Waals surface area contributed by atoms with Crippen LogP contribution in [0.2, 0.25) is 0 Å². The molecule has 3 amide bonds. The third-order valence-corrected chi connectivity index (χ3v) is 5.19. The monoisotopic (exact) mass is 506 g/mol. The van der Waals surface area contributed by atoms with E-state index in [1.807, 2.05) is 44.2 Å². The van der Waals surface area contributed by atoms with E-state index in [0.29, 0.717) is 31.3 Å². The molecule has 2 aromatic rings. The fourth-order valence-corrected chi connectivity index (χ4v) is 3.84. The molecule has 0 atom stereocenters. The van der Waals surface area contributed by atoms with Crippen molar-refractivity contribution in [2.75, 3.05) is 13.2 Å². The van der Waals surface area contributed by atoms with Crippen molar-refractivity contribution in [3.63, 3.8) is 0 Å². The first-order valence-corrected chi connectivity index (χ1v) is 10.5. The molecule has 29 heavy (non-hydrogen) atoms. The first-order valence-electron chi connectivity index (χ1n) is 9.42. The highest BCUT2D eigenvalue weighted by Crippen LogP contribution is 2.35. The molecule has 1 heterocycles. The number of urea groups is 1. The maximum atomic E-state index is 12.3. The van der Waals surface area contributed by atoms with Crippen molar-refractivity contribution in [1.29, 1.82) is 0 Å². The normalized spacial score (nSPS) is 15.0. The Hall–Kier alpha value is -2.55. The van der Waals surface area contributed by atoms with Crippen LogP contribution in [-0.4, -0.2) is 30.0 Å². The van der Waals surface area contributed by atoms with E-state index in [-0.39, 0.29) is 11.6 Å². The van der Waals surface area contributed by atoms with Gasteiger partial charge in [0.25, 0.3) is 5.91 Å². The number of likely N-dealkylation sites (N-methyl/N-ethyl adjacent to an activating group) is 1. The summed E-state index contributed by atoms with van der Waals surface area (Å²) in [4.78, 5) is 25.3. The number of halogens is 1. The molecule has 1 aliphatic heterocycles. The molecular formula is C22H23IN2O4. The fourth-order valence-electron chi connectivity index (χ4n) is 3.06. The number of hydrogen-bond donors (Lipinski definition) is 1. The molecule has 0 saturated carbocycles. The van der Waals surface area contributed by atoms with E-state index >= 15 is 0 Å². The molecule has 3 rings (SSSR count). The number of aryl methyl sites for hydroxylation is 1. The van der Waals surface area contributed by atoms with Crippen LogP contribution < -0.4 is 14.8 Å². The third kappa shape index (κ3) is 4.90. The van der Waals surface area contributed by atoms with E-state index in [0.717, 1.165) is 14.7 Å². The van der Waals surface area contributed by atoms with Crippen LogP contribution in [0.5, 0.6) is 11.5 Å². The number of imide groups is 1. The van der Waals surface area contributed by atoms with Gasteiger partial charge in [0.1, 0.15) is 12.3 Å². The van der Waals surface area contributed by atoms with Gasteiger partial charge in [-0.25, -0.2) is 4.79 Å². The summed E-state index contributed by atoms with van der Waals surface area (Å²) in [5.74, 6) is 0.932. The number of hydrogen-bond acceptors (Lipinski definition) is 4. The lowest BCUT2D eigenvalue weighted by Gasteiger charge is -2.15. The molecule has 0 unspecified atom stereocenters. The number of benzene rings is 2. The summed E-state index contributed by atoms with van der Waals surface area (Å²) in [6.07, 6.45) is 1.66. The van der Waals surface area contributed by atoms with Gasteiger partial charge in [-0.2, -0.15) is 0 Å². The highest BCUT2D eigenvalue weighted by Gasteiger charge is 2.32. The van der Waals surface area contributed by atoms with Crippen molar-refractivity contribution in [2.45, 2.75) is 27.4 Å². The summed E-state index contributed by atoms with van der Waals surface area (Å²) in [6, 6.07) is 11.5. The summed E-state index contributed by atoms with van der Waals surface area (Å²) in [6.45, 7) is 6.95. The maximum absolute atomic E-state index is 12.3. The number of carbonyl (C=O) groups is 2. The molecular weight excluding hydrogens is 483 g/mol. The number of rotatable bonds is 7. The molecule has 1 saturated heterocycles. The second-order valence-corrected chi connectivity index (χ2v) is 7.74. The Morgan fingerprint density at radius 1 is 1.14 bits per heavy atom. The molecule has 1 fully saturated rings. The van der Waals surface area contributed by atoms with Gasteiger partial charge in [0.2, 0.25) is 0 Å². The lowest BCUT2D eigenvalue weighted by atomic mass is 10.1. The van der Waals surface area contributed by atoms with Gasteiger partial charge in [-0.05, 0) is 72.7 Å². The summed E-state index contributed by atoms with van der Waals surface area (Å²) in [7, 11) is 0. The summed E-state index contributed by atoms with van der Waals surface area (Å²) < 4.78 is 12.7. The molecule has 0 aromatic heterocycles. The molecule has 2 aromatic carbocycles. The molecule has 0 bridgehead atoms. The predicted octanol–water partition coefficient (Wildman–Crippen LogP) is 4.49. The average molecular weight is 506 g/mol. The quantitative estimate of drug-likeness (QED) is 0.342. The Morgan fingerprint density at radius 3 is 2.59 bits per heavy atom. The van der Waals surface area contributed by atoms with E-state index in [2.05, 4.69) is 34.0 Å². The molecule has 0 radical (unpaired) electrons. The zero-order valence-electron chi connectivity index (χ0n) is 16.6. The van der Waals surface area contributed by atoms with Gasteiger partial charge in [-0.1, -0.05) is 29.8 Å². The highest BCUT2D eigenvalue weighted by molar-refractivity contribution is 14.1. The van der Waals surface area contributed by atoms with Crippen molar-refractivity contribution in [3.05, 3.63) is 62.4 Å². The van der Waals surface area contributed by atoms with Crippen LogP contribution in [0.1, 0.15) is 30.5 Å². The van der Waals surface area contributed by atoms with Crippen LogP contribution in [0.4, 0.5) is 4.79 Å². The van der Waals surface area contributed by atoms with Crippen LogP contribution in [0.25, 0.3) is 6.08 Å². The van der Waals surface area contributed by atoms with Crippen molar-refractivity contribution < 1.29 is 19.1 Å². The molecule has 152 valence electrons. The van der Waals surface area contributed by atoms with Gasteiger partial charge in [-0.3, -0.25) is 9.69 Å². The molecule has 1 N–H and O–H groups in total. The summed E-state index contributed by atoms with van der Waals surface area (Å²) in [5.41, 5.74) is 3.26. The highest BCUT2D eigenvalue weighted by atomic mass is 127. The second-order valence-electron chi connectivity index (χ2n) is 6.58. The van der Waals surface area contributed by atoms with Crippen LogP contribution in [0.3, 0.4) is 0 Å². The minimum atomic E-state index is -0.401. The maximum Gasteiger partial charge on any atom is 0.328 e. The van der Waals surface area contributed by atoms with Crippen molar-refractivity contribution in [2.24, 2.45) is 0 Å². The van der Waals surface area contributed by atoms with E-state index in [1.165, 1.54) is 10.5 Å². The average Bonchev–Trinajstić information content (AvgIpc) is 2.94. The SMILES string of the molecule is CCOc1cc(/C=C2/NC(=O)N(CC)C2=O)cc(I)c1OCc1cccc(C)c1. The Morgan fingerprint density at radius 2 is 1.93 bits per heavy atom. The number of ether oxygens (including phenoxy) is 2. The van der Waals surface area contributed by atoms with Gasteiger partial charge in [-0.15, -0.1) is 0 Å². The van der Waals surface area contributed by atoms with Crippen molar-refractivity contribution in [1.82, 2.24) is 10.2 Å². The predicted molar refractivity (Wildman–Crippen MR) is 120 cm³/mol. The topological polar surface area (TPSA) is 67.9 Å². The number of carbonyl (C=O) groups excluding carboxylic acids is 2. The lowest BCUT2D eigenvalue weighted by molar-refractivity contribution is -0.122. The van der Waals surface area contributed by atoms with Crippen LogP contribution >= 0.6 is 22.6 Å². The third-order valence-electron chi connectivity index (χ3n) is 4.39. The standard InChI is InChI=1S/C22H23IN2O4/c1-4-25-21(26)18(24-22(25)27)11-16-10-17(23)20(19(12-16)28-5-2)29-13-15-8-6-7-14(3)9-15/h6-12H,4-5,13H2,1-3H3,(H,24,27)/b18-11+. The number of nitrogens with zero attached hydrogens (tertiary/aromatic N) is 1. The van der Waals surface area contributed by atoms with Crippen LogP contribution in [0.15, 0.2) is 42.1 Å². The van der Waals surface area contributed by atoms with Gasteiger partial charge in [0, 0.05) is 6.54 Å². The van der Waals surface area contributed by atoms with Crippen LogP contribution in [0, 0.1) is 10.5 Å². The Balaban J connectivity index is 1.87. The number of nitrogens with one attached hydrogen (secondary N) is 1. The smallest absolute Gasteiger partial charge is 0.328 e. The largest absolute Gasteiger partial charge is 0.490 e. The minimum absolute atomic E-state index is 0.253. The van der Waals surface area contributed by atoms with Gasteiger partial charge < -0.3 is 14.8 Å². The van der Waals surface area contributed by atoms with Gasteiger partial charge in [0.05, 0.1) is 10.2 Å². The molecule has 1 aliphatic rings. The van der Waals surface area contributed by atoms with Crippen molar-refractivity contribution >= 4 is 40.6 Å². The zero-order valence-corrected chi connectivity index (χ0v) is 18.8. The Bertz CT molecular complexity index is 971. The molecule has 0 spiro atoms. The van der Waals surface area contributed by atoms with E-state index in [4.69, 9.17) is 9.47 Å². The Labute approximate surface area is 184 Å². The molecule has 6 nitrogen and oxygen atoms in total. The second kappa shape index (κ2) is 9.30. The lowest BCUT2D eigenvalue weighted by Crippen LogP contribution is -2.30. The van der Waals surface area contributed by atoms with E-state index < -0.39 is 6.03 Å². The summed E-state index contributed by atoms with van der Waals surface area (Å²) >= 11 is 2.19. The Kier molecular flexibility index (Phi) is 6.79. The fraction of sp³-hybridized carbons (Fsp3) is 0.273. The summed E-state index contributed by atoms with van der Waals surface area (Å²) in [5, 5.41) is 2.61.